The summed E-state index contributed by atoms with van der Waals surface area (Å²) in [6, 6.07) is 4.11. The second-order valence-corrected chi connectivity index (χ2v) is 6.22. The quantitative estimate of drug-likeness (QED) is 0.381. The number of imidazole rings is 1. The van der Waals surface area contributed by atoms with Crippen molar-refractivity contribution in [1.29, 1.82) is 0 Å². The molecule has 1 unspecified atom stereocenters. The van der Waals surface area contributed by atoms with Crippen LogP contribution in [-0.4, -0.2) is 21.5 Å². The summed E-state index contributed by atoms with van der Waals surface area (Å²) in [5.74, 6) is -1.45. The van der Waals surface area contributed by atoms with Crippen molar-refractivity contribution in [3.63, 3.8) is 0 Å². The van der Waals surface area contributed by atoms with Gasteiger partial charge in [-0.05, 0) is 47.5 Å². The highest BCUT2D eigenvalue weighted by Gasteiger charge is 2.27. The SMILES string of the molecule is C=CCC(C(=O)OCC)c1nc(-c2ccc(F)cc2Br)cn1SF.CC. The molecule has 0 saturated carbocycles. The van der Waals surface area contributed by atoms with Crippen molar-refractivity contribution in [3.8, 4) is 11.3 Å². The summed E-state index contributed by atoms with van der Waals surface area (Å²) in [4.78, 5) is 16.5. The lowest BCUT2D eigenvalue weighted by atomic mass is 10.1. The van der Waals surface area contributed by atoms with E-state index in [0.717, 1.165) is 3.97 Å². The summed E-state index contributed by atoms with van der Waals surface area (Å²) in [5, 5.41) is 0. The van der Waals surface area contributed by atoms with Crippen LogP contribution in [0.5, 0.6) is 0 Å². The normalized spacial score (nSPS) is 11.3. The number of hydrogen-bond acceptors (Lipinski definition) is 4. The first-order chi connectivity index (χ1) is 12.5. The van der Waals surface area contributed by atoms with E-state index in [1.54, 1.807) is 13.0 Å². The summed E-state index contributed by atoms with van der Waals surface area (Å²) >= 11 is 3.20. The van der Waals surface area contributed by atoms with E-state index in [1.165, 1.54) is 24.4 Å². The Labute approximate surface area is 165 Å². The first-order valence-corrected chi connectivity index (χ1v) is 9.59. The molecule has 1 atom stereocenters. The molecule has 1 aromatic carbocycles. The third-order valence-electron chi connectivity index (χ3n) is 3.27. The fourth-order valence-electron chi connectivity index (χ4n) is 2.21. The lowest BCUT2D eigenvalue weighted by molar-refractivity contribution is -0.145. The molecule has 0 radical (unpaired) electrons. The first kappa shape index (κ1) is 22.4. The number of nitrogens with zero attached hydrogens (tertiary/aromatic N) is 2. The van der Waals surface area contributed by atoms with E-state index in [0.29, 0.717) is 15.7 Å². The highest BCUT2D eigenvalue weighted by Crippen LogP contribution is 2.33. The summed E-state index contributed by atoms with van der Waals surface area (Å²) in [6.45, 7) is 9.53. The molecule has 0 aliphatic rings. The molecule has 0 aliphatic carbocycles. The van der Waals surface area contributed by atoms with Crippen molar-refractivity contribution in [3.05, 3.63) is 53.2 Å². The number of allylic oxidation sites excluding steroid dienone is 1. The zero-order valence-electron chi connectivity index (χ0n) is 14.8. The standard InChI is InChI=1S/C16H15BrF2N2O2S.C2H6/c1-3-5-12(16(22)23-4-2)15-20-14(9-21(15)24-19)11-7-6-10(18)8-13(11)17;1-2/h3,6-9,12H,1,4-5H2,2H3;1-2H3. The minimum Gasteiger partial charge on any atom is -0.465 e. The van der Waals surface area contributed by atoms with Gasteiger partial charge in [0.1, 0.15) is 17.6 Å². The maximum atomic E-state index is 13.3. The maximum Gasteiger partial charge on any atom is 0.316 e. The zero-order chi connectivity index (χ0) is 19.7. The molecule has 0 amide bonds. The highest BCUT2D eigenvalue weighted by molar-refractivity contribution is 9.10. The van der Waals surface area contributed by atoms with Gasteiger partial charge in [0.15, 0.2) is 12.3 Å². The fourth-order valence-corrected chi connectivity index (χ4v) is 3.14. The van der Waals surface area contributed by atoms with Gasteiger partial charge < -0.3 is 4.74 Å². The summed E-state index contributed by atoms with van der Waals surface area (Å²) in [7, 11) is 0. The van der Waals surface area contributed by atoms with Crippen LogP contribution in [0.1, 0.15) is 38.9 Å². The van der Waals surface area contributed by atoms with Gasteiger partial charge in [-0.15, -0.1) is 10.5 Å². The van der Waals surface area contributed by atoms with Crippen LogP contribution in [0, 0.1) is 5.82 Å². The van der Waals surface area contributed by atoms with Crippen molar-refractivity contribution in [2.75, 3.05) is 6.61 Å². The zero-order valence-corrected chi connectivity index (χ0v) is 17.2. The minimum atomic E-state index is -0.765. The topological polar surface area (TPSA) is 44.1 Å². The lowest BCUT2D eigenvalue weighted by Crippen LogP contribution is -2.18. The van der Waals surface area contributed by atoms with E-state index in [-0.39, 0.29) is 31.2 Å². The van der Waals surface area contributed by atoms with Gasteiger partial charge >= 0.3 is 5.97 Å². The Hall–Kier alpha value is -1.67. The molecule has 8 heteroatoms. The summed E-state index contributed by atoms with van der Waals surface area (Å²) in [6.07, 6.45) is 3.27. The van der Waals surface area contributed by atoms with Gasteiger partial charge in [0.05, 0.1) is 12.3 Å². The Balaban J connectivity index is 0.00000163. The molecule has 26 heavy (non-hydrogen) atoms. The van der Waals surface area contributed by atoms with Gasteiger partial charge in [0.25, 0.3) is 0 Å². The molecule has 0 bridgehead atoms. The van der Waals surface area contributed by atoms with Gasteiger partial charge in [-0.25, -0.2) is 13.3 Å². The number of esters is 1. The van der Waals surface area contributed by atoms with Crippen molar-refractivity contribution >= 4 is 34.2 Å². The molecule has 1 heterocycles. The van der Waals surface area contributed by atoms with Gasteiger partial charge in [0, 0.05) is 16.2 Å². The molecular formula is C18H21BrF2N2O2S. The van der Waals surface area contributed by atoms with Crippen LogP contribution >= 0.6 is 28.3 Å². The molecule has 4 nitrogen and oxygen atoms in total. The van der Waals surface area contributed by atoms with Crippen LogP contribution in [0.15, 0.2) is 41.5 Å². The number of benzene rings is 1. The van der Waals surface area contributed by atoms with E-state index >= 15 is 0 Å². The van der Waals surface area contributed by atoms with Crippen molar-refractivity contribution in [2.45, 2.75) is 33.1 Å². The van der Waals surface area contributed by atoms with Gasteiger partial charge in [-0.2, -0.15) is 0 Å². The number of ether oxygens (including phenoxy) is 1. The monoisotopic (exact) mass is 446 g/mol. The smallest absolute Gasteiger partial charge is 0.316 e. The Morgan fingerprint density at radius 2 is 2.19 bits per heavy atom. The fraction of sp³-hybridized carbons (Fsp3) is 0.333. The van der Waals surface area contributed by atoms with Crippen LogP contribution < -0.4 is 0 Å². The number of halogens is 3. The number of carbonyl (C=O) groups excluding carboxylic acids is 1. The third-order valence-corrected chi connectivity index (χ3v) is 4.36. The summed E-state index contributed by atoms with van der Waals surface area (Å²) < 4.78 is 33.2. The van der Waals surface area contributed by atoms with Gasteiger partial charge in [0.2, 0.25) is 0 Å². The Morgan fingerprint density at radius 1 is 1.50 bits per heavy atom. The Morgan fingerprint density at radius 3 is 2.73 bits per heavy atom. The summed E-state index contributed by atoms with van der Waals surface area (Å²) in [5.41, 5.74) is 1.01. The molecule has 0 spiro atoms. The Kier molecular flexibility index (Phi) is 9.58. The van der Waals surface area contributed by atoms with E-state index < -0.39 is 17.7 Å². The number of rotatable bonds is 7. The second kappa shape index (κ2) is 11.1. The lowest BCUT2D eigenvalue weighted by Gasteiger charge is -2.13. The first-order valence-electron chi connectivity index (χ1n) is 8.13. The van der Waals surface area contributed by atoms with Crippen LogP contribution in [0.2, 0.25) is 0 Å². The average molecular weight is 447 g/mol. The van der Waals surface area contributed by atoms with Crippen molar-refractivity contribution in [2.24, 2.45) is 0 Å². The predicted molar refractivity (Wildman–Crippen MR) is 105 cm³/mol. The largest absolute Gasteiger partial charge is 0.465 e. The number of aromatic nitrogens is 2. The average Bonchev–Trinajstić information content (AvgIpc) is 3.05. The van der Waals surface area contributed by atoms with E-state index in [1.807, 2.05) is 13.8 Å². The second-order valence-electron chi connectivity index (χ2n) is 4.83. The van der Waals surface area contributed by atoms with Crippen molar-refractivity contribution < 1.29 is 17.8 Å². The maximum absolute atomic E-state index is 13.3. The molecule has 2 aromatic rings. The predicted octanol–water partition coefficient (Wildman–Crippen LogP) is 6.08. The Bertz CT molecular complexity index is 753. The molecule has 0 fully saturated rings. The molecule has 0 saturated heterocycles. The van der Waals surface area contributed by atoms with Crippen LogP contribution in [0.4, 0.5) is 8.28 Å². The molecular weight excluding hydrogens is 426 g/mol. The minimum absolute atomic E-state index is 0.0677. The highest BCUT2D eigenvalue weighted by atomic mass is 79.9. The molecule has 142 valence electrons. The van der Waals surface area contributed by atoms with Crippen LogP contribution in [-0.2, 0) is 9.53 Å². The third kappa shape index (κ3) is 5.41. The van der Waals surface area contributed by atoms with E-state index in [4.69, 9.17) is 4.74 Å². The van der Waals surface area contributed by atoms with E-state index in [9.17, 15) is 13.1 Å². The molecule has 1 aromatic heterocycles. The van der Waals surface area contributed by atoms with Crippen LogP contribution in [0.3, 0.4) is 0 Å². The number of carbonyl (C=O) groups is 1. The number of hydrogen-bond donors (Lipinski definition) is 0. The van der Waals surface area contributed by atoms with Crippen LogP contribution in [0.25, 0.3) is 11.3 Å². The van der Waals surface area contributed by atoms with Gasteiger partial charge in [-0.1, -0.05) is 19.9 Å². The van der Waals surface area contributed by atoms with E-state index in [2.05, 4.69) is 27.5 Å². The van der Waals surface area contributed by atoms with Gasteiger partial charge in [-0.3, -0.25) is 4.79 Å². The molecule has 2 rings (SSSR count). The molecule has 0 N–H and O–H groups in total. The molecule has 0 aliphatic heterocycles. The van der Waals surface area contributed by atoms with Crippen molar-refractivity contribution in [1.82, 2.24) is 8.96 Å².